The van der Waals surface area contributed by atoms with Crippen molar-refractivity contribution in [3.63, 3.8) is 0 Å². The average Bonchev–Trinajstić information content (AvgIpc) is 2.83. The summed E-state index contributed by atoms with van der Waals surface area (Å²) in [6, 6.07) is 0. The van der Waals surface area contributed by atoms with Gasteiger partial charge in [0.1, 0.15) is 12.1 Å². The molecule has 0 unspecified atom stereocenters. The maximum absolute atomic E-state index is 4.36. The summed E-state index contributed by atoms with van der Waals surface area (Å²) in [6.07, 6.45) is 1.65. The van der Waals surface area contributed by atoms with E-state index in [1.165, 1.54) is 10.3 Å². The normalized spacial score (nSPS) is 16.9. The van der Waals surface area contributed by atoms with Gasteiger partial charge in [-0.05, 0) is 17.9 Å². The van der Waals surface area contributed by atoms with E-state index in [1.54, 1.807) is 17.7 Å². The first-order chi connectivity index (χ1) is 9.34. The average molecular weight is 277 g/mol. The van der Waals surface area contributed by atoms with E-state index in [-0.39, 0.29) is 0 Å². The van der Waals surface area contributed by atoms with Crippen molar-refractivity contribution in [1.82, 2.24) is 20.2 Å². The maximum Gasteiger partial charge on any atom is 0.147 e. The molecule has 0 spiro atoms. The minimum atomic E-state index is 0.934. The standard InChI is InChI=1S/C13H19N5S/c1-10-8-19-12-11(10)16-9-17-13(12)15-4-7-18-5-2-14-3-6-18/h8-9,14H,2-7H2,1H3,(H,15,16,17). The minimum absolute atomic E-state index is 0.934. The van der Waals surface area contributed by atoms with Gasteiger partial charge in [-0.3, -0.25) is 4.90 Å². The molecule has 0 amide bonds. The molecule has 0 bridgehead atoms. The molecule has 0 saturated carbocycles. The lowest BCUT2D eigenvalue weighted by Crippen LogP contribution is -2.45. The van der Waals surface area contributed by atoms with Gasteiger partial charge in [-0.2, -0.15) is 0 Å². The number of aryl methyl sites for hydroxylation is 1. The molecule has 1 aliphatic rings. The van der Waals surface area contributed by atoms with Crippen molar-refractivity contribution in [1.29, 1.82) is 0 Å². The van der Waals surface area contributed by atoms with Gasteiger partial charge in [-0.15, -0.1) is 11.3 Å². The lowest BCUT2D eigenvalue weighted by molar-refractivity contribution is 0.249. The quantitative estimate of drug-likeness (QED) is 0.883. The first-order valence-electron chi connectivity index (χ1n) is 6.70. The lowest BCUT2D eigenvalue weighted by atomic mass is 10.3. The smallest absolute Gasteiger partial charge is 0.147 e. The van der Waals surface area contributed by atoms with Crippen LogP contribution in [-0.4, -0.2) is 54.1 Å². The van der Waals surface area contributed by atoms with Crippen molar-refractivity contribution < 1.29 is 0 Å². The molecule has 0 aromatic carbocycles. The Hall–Kier alpha value is -1.24. The van der Waals surface area contributed by atoms with Crippen LogP contribution in [0, 0.1) is 6.92 Å². The van der Waals surface area contributed by atoms with Crippen molar-refractivity contribution in [2.75, 3.05) is 44.6 Å². The van der Waals surface area contributed by atoms with E-state index >= 15 is 0 Å². The second-order valence-electron chi connectivity index (χ2n) is 4.84. The van der Waals surface area contributed by atoms with Crippen molar-refractivity contribution in [3.8, 4) is 0 Å². The molecule has 3 rings (SSSR count). The Morgan fingerprint density at radius 2 is 2.21 bits per heavy atom. The fourth-order valence-corrected chi connectivity index (χ4v) is 3.33. The van der Waals surface area contributed by atoms with Gasteiger partial charge in [-0.1, -0.05) is 0 Å². The molecule has 1 fully saturated rings. The maximum atomic E-state index is 4.36. The van der Waals surface area contributed by atoms with Gasteiger partial charge in [0.25, 0.3) is 0 Å². The summed E-state index contributed by atoms with van der Waals surface area (Å²) in [5.41, 5.74) is 2.30. The molecule has 3 heterocycles. The van der Waals surface area contributed by atoms with Crippen molar-refractivity contribution in [3.05, 3.63) is 17.3 Å². The molecule has 2 aromatic rings. The highest BCUT2D eigenvalue weighted by atomic mass is 32.1. The number of aromatic nitrogens is 2. The van der Waals surface area contributed by atoms with E-state index in [0.717, 1.165) is 50.6 Å². The molecule has 5 nitrogen and oxygen atoms in total. The number of thiophene rings is 1. The Morgan fingerprint density at radius 1 is 1.37 bits per heavy atom. The molecule has 1 saturated heterocycles. The van der Waals surface area contributed by atoms with Crippen LogP contribution in [-0.2, 0) is 0 Å². The SMILES string of the molecule is Cc1csc2c(NCCN3CCNCC3)ncnc12. The molecule has 0 aliphatic carbocycles. The van der Waals surface area contributed by atoms with Gasteiger partial charge in [0.05, 0.1) is 10.2 Å². The van der Waals surface area contributed by atoms with E-state index in [1.807, 2.05) is 0 Å². The molecule has 2 N–H and O–H groups in total. The largest absolute Gasteiger partial charge is 0.367 e. The Balaban J connectivity index is 1.62. The number of anilines is 1. The van der Waals surface area contributed by atoms with Crippen LogP contribution >= 0.6 is 11.3 Å². The van der Waals surface area contributed by atoms with E-state index in [2.05, 4.69) is 37.8 Å². The zero-order chi connectivity index (χ0) is 13.1. The molecule has 2 aromatic heterocycles. The van der Waals surface area contributed by atoms with Gasteiger partial charge < -0.3 is 10.6 Å². The molecule has 6 heteroatoms. The first kappa shape index (κ1) is 12.8. The number of hydrogen-bond donors (Lipinski definition) is 2. The summed E-state index contributed by atoms with van der Waals surface area (Å²) in [5.74, 6) is 0.971. The van der Waals surface area contributed by atoms with Crippen LogP contribution < -0.4 is 10.6 Å². The van der Waals surface area contributed by atoms with Gasteiger partial charge in [0.15, 0.2) is 0 Å². The summed E-state index contributed by atoms with van der Waals surface area (Å²) in [6.45, 7) is 8.57. The molecule has 1 aliphatic heterocycles. The Labute approximate surface area is 117 Å². The van der Waals surface area contributed by atoms with Gasteiger partial charge in [0.2, 0.25) is 0 Å². The van der Waals surface area contributed by atoms with Crippen LogP contribution in [0.3, 0.4) is 0 Å². The highest BCUT2D eigenvalue weighted by Crippen LogP contribution is 2.28. The Morgan fingerprint density at radius 3 is 3.05 bits per heavy atom. The summed E-state index contributed by atoms with van der Waals surface area (Å²) >= 11 is 1.72. The number of nitrogens with zero attached hydrogens (tertiary/aromatic N) is 3. The Kier molecular flexibility index (Phi) is 3.91. The van der Waals surface area contributed by atoms with Crippen molar-refractivity contribution in [2.24, 2.45) is 0 Å². The van der Waals surface area contributed by atoms with Crippen LogP contribution in [0.5, 0.6) is 0 Å². The van der Waals surface area contributed by atoms with Crippen molar-refractivity contribution in [2.45, 2.75) is 6.92 Å². The monoisotopic (exact) mass is 277 g/mol. The third-order valence-electron chi connectivity index (χ3n) is 3.46. The van der Waals surface area contributed by atoms with Gasteiger partial charge in [-0.25, -0.2) is 9.97 Å². The first-order valence-corrected chi connectivity index (χ1v) is 7.58. The summed E-state index contributed by atoms with van der Waals surface area (Å²) in [5, 5.41) is 8.95. The van der Waals surface area contributed by atoms with Gasteiger partial charge >= 0.3 is 0 Å². The fourth-order valence-electron chi connectivity index (χ4n) is 2.36. The molecule has 19 heavy (non-hydrogen) atoms. The predicted molar refractivity (Wildman–Crippen MR) is 80.0 cm³/mol. The number of nitrogens with one attached hydrogen (secondary N) is 2. The molecule has 0 atom stereocenters. The lowest BCUT2D eigenvalue weighted by Gasteiger charge is -2.27. The van der Waals surface area contributed by atoms with Crippen LogP contribution in [0.25, 0.3) is 10.2 Å². The number of rotatable bonds is 4. The Bertz CT molecular complexity index is 547. The van der Waals surface area contributed by atoms with E-state index in [0.29, 0.717) is 0 Å². The third-order valence-corrected chi connectivity index (χ3v) is 4.55. The second kappa shape index (κ2) is 5.81. The highest BCUT2D eigenvalue weighted by Gasteiger charge is 2.10. The zero-order valence-electron chi connectivity index (χ0n) is 11.1. The molecule has 102 valence electrons. The summed E-state index contributed by atoms with van der Waals surface area (Å²) < 4.78 is 1.17. The van der Waals surface area contributed by atoms with Crippen LogP contribution in [0.4, 0.5) is 5.82 Å². The molecular formula is C13H19N5S. The van der Waals surface area contributed by atoms with Crippen LogP contribution in [0.1, 0.15) is 5.56 Å². The minimum Gasteiger partial charge on any atom is -0.367 e. The molecule has 0 radical (unpaired) electrons. The zero-order valence-corrected chi connectivity index (χ0v) is 12.0. The van der Waals surface area contributed by atoms with E-state index in [9.17, 15) is 0 Å². The number of fused-ring (bicyclic) bond motifs is 1. The van der Waals surface area contributed by atoms with E-state index in [4.69, 9.17) is 0 Å². The fraction of sp³-hybridized carbons (Fsp3) is 0.538. The number of piperazine rings is 1. The number of hydrogen-bond acceptors (Lipinski definition) is 6. The summed E-state index contributed by atoms with van der Waals surface area (Å²) in [4.78, 5) is 11.2. The van der Waals surface area contributed by atoms with Crippen LogP contribution in [0.15, 0.2) is 11.7 Å². The summed E-state index contributed by atoms with van der Waals surface area (Å²) in [7, 11) is 0. The molecular weight excluding hydrogens is 258 g/mol. The van der Waals surface area contributed by atoms with Crippen molar-refractivity contribution >= 4 is 27.4 Å². The highest BCUT2D eigenvalue weighted by molar-refractivity contribution is 7.18. The van der Waals surface area contributed by atoms with Gasteiger partial charge in [0, 0.05) is 39.3 Å². The topological polar surface area (TPSA) is 53.1 Å². The predicted octanol–water partition coefficient (Wildman–Crippen LogP) is 1.32. The van der Waals surface area contributed by atoms with Crippen LogP contribution in [0.2, 0.25) is 0 Å². The third kappa shape index (κ3) is 2.86. The van der Waals surface area contributed by atoms with E-state index < -0.39 is 0 Å². The second-order valence-corrected chi connectivity index (χ2v) is 5.72.